The Labute approximate surface area is 109 Å². The third kappa shape index (κ3) is 3.24. The minimum absolute atomic E-state index is 0.0657. The summed E-state index contributed by atoms with van der Waals surface area (Å²) in [4.78, 5) is 15.6. The zero-order valence-electron chi connectivity index (χ0n) is 9.07. The lowest BCUT2D eigenvalue weighted by molar-refractivity contribution is 0.0914. The fraction of sp³-hybridized carbons (Fsp3) is 0.400. The van der Waals surface area contributed by atoms with Crippen LogP contribution >= 0.6 is 34.8 Å². The molecule has 88 valence electrons. The smallest absolute Gasteiger partial charge is 0.271 e. The van der Waals surface area contributed by atoms with Crippen LogP contribution in [0, 0.1) is 0 Å². The van der Waals surface area contributed by atoms with Crippen LogP contribution in [-0.2, 0) is 0 Å². The molecule has 6 heteroatoms. The lowest BCUT2D eigenvalue weighted by Gasteiger charge is -2.20. The molecular weight excluding hydrogens is 270 g/mol. The number of carbonyl (C=O) groups is 1. The average Bonchev–Trinajstić information content (AvgIpc) is 2.11. The molecule has 16 heavy (non-hydrogen) atoms. The van der Waals surface area contributed by atoms with Crippen molar-refractivity contribution in [3.05, 3.63) is 27.0 Å². The molecule has 3 nitrogen and oxygen atoms in total. The van der Waals surface area contributed by atoms with Gasteiger partial charge in [0.05, 0.1) is 15.1 Å². The topological polar surface area (TPSA) is 42.0 Å². The van der Waals surface area contributed by atoms with Crippen molar-refractivity contribution >= 4 is 40.7 Å². The monoisotopic (exact) mass is 280 g/mol. The van der Waals surface area contributed by atoms with Crippen LogP contribution in [0.15, 0.2) is 6.20 Å². The molecule has 1 aromatic rings. The SMILES string of the molecule is CC(C)(C)NC(=O)c1ncc(Cl)c(Cl)c1Cl. The minimum Gasteiger partial charge on any atom is -0.346 e. The summed E-state index contributed by atoms with van der Waals surface area (Å²) in [5.41, 5.74) is -0.292. The van der Waals surface area contributed by atoms with Crippen molar-refractivity contribution in [1.29, 1.82) is 0 Å². The summed E-state index contributed by atoms with van der Waals surface area (Å²) in [5.74, 6) is -0.379. The number of pyridine rings is 1. The van der Waals surface area contributed by atoms with Gasteiger partial charge < -0.3 is 5.32 Å². The quantitative estimate of drug-likeness (QED) is 0.855. The number of halogens is 3. The molecule has 0 radical (unpaired) electrons. The van der Waals surface area contributed by atoms with Crippen LogP contribution in [0.4, 0.5) is 0 Å². The number of amides is 1. The maximum Gasteiger partial charge on any atom is 0.271 e. The fourth-order valence-corrected chi connectivity index (χ4v) is 1.57. The molecule has 0 aliphatic carbocycles. The van der Waals surface area contributed by atoms with Crippen LogP contribution in [0.3, 0.4) is 0 Å². The molecule has 1 N–H and O–H groups in total. The van der Waals surface area contributed by atoms with Crippen LogP contribution < -0.4 is 5.32 Å². The lowest BCUT2D eigenvalue weighted by Crippen LogP contribution is -2.41. The van der Waals surface area contributed by atoms with Crippen molar-refractivity contribution in [1.82, 2.24) is 10.3 Å². The molecule has 0 aromatic carbocycles. The standard InChI is InChI=1S/C10H11Cl3N2O/c1-10(2,3)15-9(16)8-7(13)6(12)5(11)4-14-8/h4H,1-3H3,(H,15,16). The summed E-state index contributed by atoms with van der Waals surface area (Å²) < 4.78 is 0. The second kappa shape index (κ2) is 4.78. The van der Waals surface area contributed by atoms with Crippen molar-refractivity contribution in [3.8, 4) is 0 Å². The molecule has 0 aliphatic heterocycles. The molecule has 0 fully saturated rings. The first kappa shape index (κ1) is 13.6. The summed E-state index contributed by atoms with van der Waals surface area (Å²) >= 11 is 17.4. The minimum atomic E-state index is -0.379. The lowest BCUT2D eigenvalue weighted by atomic mass is 10.1. The van der Waals surface area contributed by atoms with Crippen molar-refractivity contribution in [2.45, 2.75) is 26.3 Å². The van der Waals surface area contributed by atoms with Crippen molar-refractivity contribution in [3.63, 3.8) is 0 Å². The van der Waals surface area contributed by atoms with E-state index in [4.69, 9.17) is 34.8 Å². The van der Waals surface area contributed by atoms with Crippen LogP contribution in [-0.4, -0.2) is 16.4 Å². The molecule has 0 bridgehead atoms. The van der Waals surface area contributed by atoms with Crippen molar-refractivity contribution in [2.24, 2.45) is 0 Å². The molecule has 0 atom stereocenters. The Morgan fingerprint density at radius 1 is 1.25 bits per heavy atom. The molecule has 0 unspecified atom stereocenters. The average molecular weight is 282 g/mol. The Hall–Kier alpha value is -0.510. The van der Waals surface area contributed by atoms with Crippen LogP contribution in [0.2, 0.25) is 15.1 Å². The van der Waals surface area contributed by atoms with Gasteiger partial charge >= 0.3 is 0 Å². The van der Waals surface area contributed by atoms with E-state index >= 15 is 0 Å². The van der Waals surface area contributed by atoms with Crippen molar-refractivity contribution in [2.75, 3.05) is 0 Å². The van der Waals surface area contributed by atoms with Gasteiger partial charge in [-0.15, -0.1) is 0 Å². The Kier molecular flexibility index (Phi) is 4.05. The molecule has 0 spiro atoms. The molecule has 0 saturated heterocycles. The van der Waals surface area contributed by atoms with Gasteiger partial charge in [-0.3, -0.25) is 4.79 Å². The Balaban J connectivity index is 3.06. The molecule has 1 aromatic heterocycles. The van der Waals surface area contributed by atoms with E-state index in [0.29, 0.717) is 0 Å². The van der Waals surface area contributed by atoms with Crippen LogP contribution in [0.1, 0.15) is 31.3 Å². The summed E-state index contributed by atoms with van der Waals surface area (Å²) in [6.45, 7) is 5.57. The summed E-state index contributed by atoms with van der Waals surface area (Å²) in [6.07, 6.45) is 1.30. The van der Waals surface area contributed by atoms with Gasteiger partial charge in [0.1, 0.15) is 5.69 Å². The number of carbonyl (C=O) groups excluding carboxylic acids is 1. The highest BCUT2D eigenvalue weighted by Gasteiger charge is 2.21. The number of rotatable bonds is 1. The van der Waals surface area contributed by atoms with E-state index in [-0.39, 0.29) is 32.2 Å². The largest absolute Gasteiger partial charge is 0.346 e. The third-order valence-corrected chi connectivity index (χ3v) is 2.86. The van der Waals surface area contributed by atoms with E-state index in [0.717, 1.165) is 0 Å². The molecule has 1 rings (SSSR count). The van der Waals surface area contributed by atoms with Gasteiger partial charge in [-0.05, 0) is 20.8 Å². The predicted molar refractivity (Wildman–Crippen MR) is 66.5 cm³/mol. The number of hydrogen-bond acceptors (Lipinski definition) is 2. The predicted octanol–water partition coefficient (Wildman–Crippen LogP) is 3.57. The fourth-order valence-electron chi connectivity index (χ4n) is 1.00. The molecule has 0 aliphatic rings. The van der Waals surface area contributed by atoms with Gasteiger partial charge in [-0.25, -0.2) is 4.98 Å². The maximum atomic E-state index is 11.8. The van der Waals surface area contributed by atoms with Gasteiger partial charge in [-0.1, -0.05) is 34.8 Å². The summed E-state index contributed by atoms with van der Waals surface area (Å²) in [7, 11) is 0. The number of aromatic nitrogens is 1. The maximum absolute atomic E-state index is 11.8. The number of nitrogens with one attached hydrogen (secondary N) is 1. The summed E-state index contributed by atoms with van der Waals surface area (Å²) in [5, 5.41) is 3.16. The molecule has 0 saturated carbocycles. The van der Waals surface area contributed by atoms with Gasteiger partial charge in [0.2, 0.25) is 0 Å². The first-order valence-corrected chi connectivity index (χ1v) is 5.68. The van der Waals surface area contributed by atoms with E-state index in [1.807, 2.05) is 20.8 Å². The van der Waals surface area contributed by atoms with E-state index in [1.165, 1.54) is 6.20 Å². The number of hydrogen-bond donors (Lipinski definition) is 1. The first-order chi connectivity index (χ1) is 7.22. The van der Waals surface area contributed by atoms with E-state index in [2.05, 4.69) is 10.3 Å². The Bertz CT molecular complexity index is 427. The van der Waals surface area contributed by atoms with Crippen LogP contribution in [0.25, 0.3) is 0 Å². The van der Waals surface area contributed by atoms with Crippen molar-refractivity contribution < 1.29 is 4.79 Å². The van der Waals surface area contributed by atoms with Gasteiger partial charge in [-0.2, -0.15) is 0 Å². The van der Waals surface area contributed by atoms with Gasteiger partial charge in [0.15, 0.2) is 0 Å². The van der Waals surface area contributed by atoms with Gasteiger partial charge in [0, 0.05) is 11.7 Å². The zero-order chi connectivity index (χ0) is 12.5. The van der Waals surface area contributed by atoms with E-state index in [1.54, 1.807) is 0 Å². The Morgan fingerprint density at radius 3 is 2.31 bits per heavy atom. The molecule has 1 heterocycles. The normalized spacial score (nSPS) is 11.4. The summed E-state index contributed by atoms with van der Waals surface area (Å²) in [6, 6.07) is 0. The third-order valence-electron chi connectivity index (χ3n) is 1.62. The van der Waals surface area contributed by atoms with Crippen LogP contribution in [0.5, 0.6) is 0 Å². The molecule has 1 amide bonds. The number of nitrogens with zero attached hydrogens (tertiary/aromatic N) is 1. The first-order valence-electron chi connectivity index (χ1n) is 4.54. The highest BCUT2D eigenvalue weighted by atomic mass is 35.5. The van der Waals surface area contributed by atoms with E-state index in [9.17, 15) is 4.79 Å². The Morgan fingerprint density at radius 2 is 1.81 bits per heavy atom. The second-order valence-corrected chi connectivity index (χ2v) is 5.45. The highest BCUT2D eigenvalue weighted by molar-refractivity contribution is 6.48. The highest BCUT2D eigenvalue weighted by Crippen LogP contribution is 2.31. The molecular formula is C10H11Cl3N2O. The van der Waals surface area contributed by atoms with Gasteiger partial charge in [0.25, 0.3) is 5.91 Å². The van der Waals surface area contributed by atoms with E-state index < -0.39 is 0 Å². The zero-order valence-corrected chi connectivity index (χ0v) is 11.3. The second-order valence-electron chi connectivity index (χ2n) is 4.29.